The predicted octanol–water partition coefficient (Wildman–Crippen LogP) is 1.83. The van der Waals surface area contributed by atoms with Crippen molar-refractivity contribution in [3.05, 3.63) is 29.6 Å². The Hall–Kier alpha value is -1.09. The zero-order valence-electron chi connectivity index (χ0n) is 7.39. The summed E-state index contributed by atoms with van der Waals surface area (Å²) in [5.41, 5.74) is 6.94. The molecule has 1 heterocycles. The van der Waals surface area contributed by atoms with Gasteiger partial charge in [0.1, 0.15) is 5.82 Å². The molecule has 70 valence electrons. The Kier molecular flexibility index (Phi) is 2.19. The zero-order chi connectivity index (χ0) is 9.26. The average molecular weight is 180 g/mol. The van der Waals surface area contributed by atoms with Gasteiger partial charge in [0, 0.05) is 17.3 Å². The molecule has 2 rings (SSSR count). The van der Waals surface area contributed by atoms with Crippen LogP contribution in [0.25, 0.3) is 0 Å². The van der Waals surface area contributed by atoms with Crippen molar-refractivity contribution in [2.24, 2.45) is 0 Å². The normalized spacial score (nSPS) is 22.1. The molecular weight excluding hydrogens is 167 g/mol. The van der Waals surface area contributed by atoms with Crippen LogP contribution in [0.1, 0.15) is 24.4 Å². The van der Waals surface area contributed by atoms with Gasteiger partial charge < -0.3 is 11.1 Å². The third-order valence-corrected chi connectivity index (χ3v) is 2.46. The van der Waals surface area contributed by atoms with Crippen LogP contribution in [0.5, 0.6) is 0 Å². The second-order valence-electron chi connectivity index (χ2n) is 3.43. The van der Waals surface area contributed by atoms with E-state index in [4.69, 9.17) is 5.73 Å². The fraction of sp³-hybridized carbons (Fsp3) is 0.400. The third kappa shape index (κ3) is 1.65. The summed E-state index contributed by atoms with van der Waals surface area (Å²) < 4.78 is 13.3. The van der Waals surface area contributed by atoms with Crippen LogP contribution in [0.3, 0.4) is 0 Å². The molecule has 13 heavy (non-hydrogen) atoms. The van der Waals surface area contributed by atoms with Gasteiger partial charge >= 0.3 is 0 Å². The fourth-order valence-corrected chi connectivity index (χ4v) is 1.78. The minimum Gasteiger partial charge on any atom is -0.399 e. The highest BCUT2D eigenvalue weighted by atomic mass is 19.1. The van der Waals surface area contributed by atoms with Gasteiger partial charge in [-0.05, 0) is 37.6 Å². The lowest BCUT2D eigenvalue weighted by Crippen LogP contribution is -2.14. The smallest absolute Gasteiger partial charge is 0.128 e. The van der Waals surface area contributed by atoms with Crippen LogP contribution in [0.15, 0.2) is 18.2 Å². The maximum Gasteiger partial charge on any atom is 0.128 e. The van der Waals surface area contributed by atoms with Gasteiger partial charge in [-0.1, -0.05) is 0 Å². The van der Waals surface area contributed by atoms with E-state index in [1.807, 2.05) is 0 Å². The van der Waals surface area contributed by atoms with Crippen molar-refractivity contribution < 1.29 is 4.39 Å². The molecule has 1 aliphatic rings. The number of anilines is 1. The number of nitrogens with two attached hydrogens (primary N) is 1. The minimum atomic E-state index is -0.159. The molecule has 1 aliphatic heterocycles. The van der Waals surface area contributed by atoms with Crippen molar-refractivity contribution in [2.75, 3.05) is 12.3 Å². The largest absolute Gasteiger partial charge is 0.399 e. The van der Waals surface area contributed by atoms with E-state index in [1.165, 1.54) is 6.07 Å². The number of hydrogen-bond donors (Lipinski definition) is 2. The first-order chi connectivity index (χ1) is 6.27. The van der Waals surface area contributed by atoms with Gasteiger partial charge in [0.25, 0.3) is 0 Å². The van der Waals surface area contributed by atoms with Gasteiger partial charge in [0.15, 0.2) is 0 Å². The maximum absolute atomic E-state index is 13.3. The van der Waals surface area contributed by atoms with Gasteiger partial charge in [0.05, 0.1) is 0 Å². The second-order valence-corrected chi connectivity index (χ2v) is 3.43. The Morgan fingerprint density at radius 3 is 3.00 bits per heavy atom. The van der Waals surface area contributed by atoms with Crippen LogP contribution in [0.4, 0.5) is 10.1 Å². The maximum atomic E-state index is 13.3. The summed E-state index contributed by atoms with van der Waals surface area (Å²) in [4.78, 5) is 0. The zero-order valence-corrected chi connectivity index (χ0v) is 7.39. The van der Waals surface area contributed by atoms with E-state index >= 15 is 0 Å². The molecule has 3 heteroatoms. The summed E-state index contributed by atoms with van der Waals surface area (Å²) in [6, 6.07) is 4.90. The first kappa shape index (κ1) is 8.51. The van der Waals surface area contributed by atoms with Crippen molar-refractivity contribution in [3.8, 4) is 0 Å². The Balaban J connectivity index is 2.32. The predicted molar refractivity (Wildman–Crippen MR) is 50.8 cm³/mol. The second kappa shape index (κ2) is 3.34. The molecule has 0 saturated carbocycles. The van der Waals surface area contributed by atoms with E-state index < -0.39 is 0 Å². The average Bonchev–Trinajstić information content (AvgIpc) is 2.61. The van der Waals surface area contributed by atoms with Gasteiger partial charge in [0.2, 0.25) is 0 Å². The lowest BCUT2D eigenvalue weighted by atomic mass is 10.0. The summed E-state index contributed by atoms with van der Waals surface area (Å²) in [5, 5.41) is 3.25. The number of nitrogen functional groups attached to an aromatic ring is 1. The molecule has 1 aromatic rings. The molecule has 0 amide bonds. The van der Waals surface area contributed by atoms with E-state index in [2.05, 4.69) is 5.32 Å². The number of rotatable bonds is 1. The molecule has 0 spiro atoms. The molecular formula is C10H13FN2. The molecule has 2 nitrogen and oxygen atoms in total. The van der Waals surface area contributed by atoms with E-state index in [1.54, 1.807) is 12.1 Å². The third-order valence-electron chi connectivity index (χ3n) is 2.46. The molecule has 0 unspecified atom stereocenters. The lowest BCUT2D eigenvalue weighted by molar-refractivity contribution is 0.559. The first-order valence-corrected chi connectivity index (χ1v) is 4.55. The fourth-order valence-electron chi connectivity index (χ4n) is 1.78. The molecule has 1 atom stereocenters. The molecule has 0 bridgehead atoms. The number of hydrogen-bond acceptors (Lipinski definition) is 2. The molecule has 0 radical (unpaired) electrons. The standard InChI is InChI=1S/C10H13FN2/c11-9-4-3-7(12)6-8(9)10-2-1-5-13-10/h3-4,6,10,13H,1-2,5,12H2/t10-/m0/s1. The van der Waals surface area contributed by atoms with Crippen molar-refractivity contribution in [1.29, 1.82) is 0 Å². The topological polar surface area (TPSA) is 38.0 Å². The summed E-state index contributed by atoms with van der Waals surface area (Å²) in [7, 11) is 0. The van der Waals surface area contributed by atoms with Gasteiger partial charge in [-0.3, -0.25) is 0 Å². The molecule has 1 saturated heterocycles. The highest BCUT2D eigenvalue weighted by molar-refractivity contribution is 5.42. The highest BCUT2D eigenvalue weighted by Crippen LogP contribution is 2.26. The van der Waals surface area contributed by atoms with Crippen molar-refractivity contribution >= 4 is 5.69 Å². The van der Waals surface area contributed by atoms with E-state index in [0.717, 1.165) is 19.4 Å². The van der Waals surface area contributed by atoms with Crippen LogP contribution >= 0.6 is 0 Å². The molecule has 0 aromatic heterocycles. The molecule has 0 aliphatic carbocycles. The summed E-state index contributed by atoms with van der Waals surface area (Å²) in [6.07, 6.45) is 2.11. The van der Waals surface area contributed by atoms with Gasteiger partial charge in [-0.2, -0.15) is 0 Å². The van der Waals surface area contributed by atoms with Crippen LogP contribution in [-0.4, -0.2) is 6.54 Å². The monoisotopic (exact) mass is 180 g/mol. The lowest BCUT2D eigenvalue weighted by Gasteiger charge is -2.11. The van der Waals surface area contributed by atoms with Crippen molar-refractivity contribution in [1.82, 2.24) is 5.32 Å². The Morgan fingerprint density at radius 1 is 1.46 bits per heavy atom. The van der Waals surface area contributed by atoms with E-state index in [9.17, 15) is 4.39 Å². The van der Waals surface area contributed by atoms with Crippen molar-refractivity contribution in [2.45, 2.75) is 18.9 Å². The first-order valence-electron chi connectivity index (χ1n) is 4.55. The van der Waals surface area contributed by atoms with Gasteiger partial charge in [-0.25, -0.2) is 4.39 Å². The Bertz CT molecular complexity index is 306. The number of halogens is 1. The highest BCUT2D eigenvalue weighted by Gasteiger charge is 2.19. The minimum absolute atomic E-state index is 0.156. The number of benzene rings is 1. The van der Waals surface area contributed by atoms with Crippen LogP contribution in [-0.2, 0) is 0 Å². The molecule has 3 N–H and O–H groups in total. The molecule has 1 aromatic carbocycles. The summed E-state index contributed by atoms with van der Waals surface area (Å²) in [6.45, 7) is 0.971. The SMILES string of the molecule is Nc1ccc(F)c([C@@H]2CCCN2)c1. The van der Waals surface area contributed by atoms with Crippen LogP contribution < -0.4 is 11.1 Å². The van der Waals surface area contributed by atoms with E-state index in [-0.39, 0.29) is 11.9 Å². The van der Waals surface area contributed by atoms with Gasteiger partial charge in [-0.15, -0.1) is 0 Å². The molecule has 1 fully saturated rings. The Labute approximate surface area is 76.9 Å². The van der Waals surface area contributed by atoms with Crippen LogP contribution in [0, 0.1) is 5.82 Å². The summed E-state index contributed by atoms with van der Waals surface area (Å²) in [5.74, 6) is -0.159. The quantitative estimate of drug-likeness (QED) is 0.647. The number of nitrogens with one attached hydrogen (secondary N) is 1. The van der Waals surface area contributed by atoms with Crippen LogP contribution in [0.2, 0.25) is 0 Å². The Morgan fingerprint density at radius 2 is 2.31 bits per heavy atom. The van der Waals surface area contributed by atoms with Crippen molar-refractivity contribution in [3.63, 3.8) is 0 Å². The summed E-state index contributed by atoms with van der Waals surface area (Å²) >= 11 is 0. The van der Waals surface area contributed by atoms with E-state index in [0.29, 0.717) is 11.3 Å².